The molecule has 2 N–H and O–H groups in total. The molecule has 2 aliphatic heterocycles. The zero-order valence-electron chi connectivity index (χ0n) is 16.4. The number of rotatable bonds is 7. The molecule has 2 saturated heterocycles. The topological polar surface area (TPSA) is 77.9 Å². The number of methoxy groups -OCH3 is 1. The Hall–Kier alpha value is -1.22. The van der Waals surface area contributed by atoms with E-state index >= 15 is 0 Å². The van der Waals surface area contributed by atoms with Crippen molar-refractivity contribution in [2.45, 2.75) is 57.2 Å². The number of nitrogens with one attached hydrogen (secondary N) is 1. The first-order chi connectivity index (χ1) is 13.1. The van der Waals surface area contributed by atoms with E-state index in [4.69, 9.17) is 9.72 Å². The number of urea groups is 1. The van der Waals surface area contributed by atoms with Gasteiger partial charge in [-0.3, -0.25) is 4.90 Å². The maximum atomic E-state index is 12.1. The Bertz CT molecular complexity index is 616. The third-order valence-corrected chi connectivity index (χ3v) is 6.46. The van der Waals surface area contributed by atoms with Gasteiger partial charge in [0.2, 0.25) is 0 Å². The first-order valence-corrected chi connectivity index (χ1v) is 10.9. The second kappa shape index (κ2) is 9.32. The van der Waals surface area contributed by atoms with Crippen molar-refractivity contribution in [1.29, 1.82) is 0 Å². The minimum atomic E-state index is -0.923. The first kappa shape index (κ1) is 20.5. The van der Waals surface area contributed by atoms with Gasteiger partial charge < -0.3 is 20.1 Å². The zero-order chi connectivity index (χ0) is 19.3. The van der Waals surface area contributed by atoms with Crippen molar-refractivity contribution in [3.8, 4) is 0 Å². The minimum absolute atomic E-state index is 0.0314. The highest BCUT2D eigenvalue weighted by molar-refractivity contribution is 7.09. The number of hydrogen-bond acceptors (Lipinski definition) is 6. The summed E-state index contributed by atoms with van der Waals surface area (Å²) in [6.07, 6.45) is 4.36. The number of aromatic nitrogens is 1. The summed E-state index contributed by atoms with van der Waals surface area (Å²) in [5.74, 6) is 0. The summed E-state index contributed by atoms with van der Waals surface area (Å²) >= 11 is 1.62. The Kier molecular flexibility index (Phi) is 7.08. The number of thiazole rings is 1. The van der Waals surface area contributed by atoms with Crippen LogP contribution in [0.5, 0.6) is 0 Å². The standard InChI is InChI=1S/C19H32N4O3S/c1-3-8-20-18(24)22-10-6-19(25,7-11-22)16-14-27-17(21-16)12-23-9-4-5-15(23)13-26-2/h14-15,25H,3-13H2,1-2H3,(H,20,24)/t15-/m1/s1. The molecular weight excluding hydrogens is 364 g/mol. The molecule has 8 heteroatoms. The highest BCUT2D eigenvalue weighted by Gasteiger charge is 2.37. The van der Waals surface area contributed by atoms with Crippen molar-refractivity contribution in [2.24, 2.45) is 0 Å². The molecule has 152 valence electrons. The smallest absolute Gasteiger partial charge is 0.317 e. The SMILES string of the molecule is CCCNC(=O)N1CCC(O)(c2csc(CN3CCC[C@@H]3COC)n2)CC1. The fraction of sp³-hybridized carbons (Fsp3) is 0.789. The van der Waals surface area contributed by atoms with Crippen molar-refractivity contribution in [3.63, 3.8) is 0 Å². The normalized spacial score (nSPS) is 22.9. The van der Waals surface area contributed by atoms with Gasteiger partial charge in [0.25, 0.3) is 0 Å². The molecule has 2 amide bonds. The summed E-state index contributed by atoms with van der Waals surface area (Å²) in [6, 6.07) is 0.436. The van der Waals surface area contributed by atoms with Gasteiger partial charge >= 0.3 is 6.03 Å². The number of carbonyl (C=O) groups is 1. The zero-order valence-corrected chi connectivity index (χ0v) is 17.3. The number of ether oxygens (including phenoxy) is 1. The van der Waals surface area contributed by atoms with E-state index in [2.05, 4.69) is 10.2 Å². The molecule has 7 nitrogen and oxygen atoms in total. The lowest BCUT2D eigenvalue weighted by atomic mass is 9.89. The van der Waals surface area contributed by atoms with Gasteiger partial charge in [0.1, 0.15) is 10.6 Å². The summed E-state index contributed by atoms with van der Waals surface area (Å²) in [5.41, 5.74) is -0.161. The number of carbonyl (C=O) groups excluding carboxylic acids is 1. The summed E-state index contributed by atoms with van der Waals surface area (Å²) in [5, 5.41) is 17.0. The van der Waals surface area contributed by atoms with Gasteiger partial charge in [0.05, 0.1) is 18.8 Å². The molecule has 27 heavy (non-hydrogen) atoms. The second-order valence-electron chi connectivity index (χ2n) is 7.60. The van der Waals surface area contributed by atoms with Gasteiger partial charge in [-0.15, -0.1) is 11.3 Å². The van der Waals surface area contributed by atoms with Gasteiger partial charge in [-0.05, 0) is 38.6 Å². The van der Waals surface area contributed by atoms with Crippen molar-refractivity contribution < 1.29 is 14.6 Å². The summed E-state index contributed by atoms with van der Waals surface area (Å²) in [6.45, 7) is 6.50. The van der Waals surface area contributed by atoms with Crippen LogP contribution in [-0.4, -0.2) is 71.9 Å². The average Bonchev–Trinajstić information content (AvgIpc) is 3.31. The predicted octanol–water partition coefficient (Wildman–Crippen LogP) is 2.16. The lowest BCUT2D eigenvalue weighted by molar-refractivity contribution is -0.0200. The van der Waals surface area contributed by atoms with Crippen molar-refractivity contribution >= 4 is 17.4 Å². The number of amides is 2. The molecule has 3 heterocycles. The van der Waals surface area contributed by atoms with Gasteiger partial charge in [0.15, 0.2) is 0 Å². The molecule has 0 unspecified atom stereocenters. The molecule has 2 fully saturated rings. The van der Waals surface area contributed by atoms with E-state index in [1.807, 2.05) is 12.3 Å². The Balaban J connectivity index is 1.55. The van der Waals surface area contributed by atoms with Crippen LogP contribution in [0, 0.1) is 0 Å². The Labute approximate surface area is 165 Å². The van der Waals surface area contributed by atoms with E-state index in [1.54, 1.807) is 23.3 Å². The fourth-order valence-corrected chi connectivity index (χ4v) is 4.85. The third-order valence-electron chi connectivity index (χ3n) is 5.63. The minimum Gasteiger partial charge on any atom is -0.383 e. The maximum Gasteiger partial charge on any atom is 0.317 e. The molecule has 0 aliphatic carbocycles. The monoisotopic (exact) mass is 396 g/mol. The van der Waals surface area contributed by atoms with E-state index in [1.165, 1.54) is 12.8 Å². The second-order valence-corrected chi connectivity index (χ2v) is 8.54. The molecule has 2 aliphatic rings. The number of nitrogens with zero attached hydrogens (tertiary/aromatic N) is 3. The summed E-state index contributed by atoms with van der Waals surface area (Å²) < 4.78 is 5.33. The molecule has 1 aromatic heterocycles. The van der Waals surface area contributed by atoms with Crippen LogP contribution >= 0.6 is 11.3 Å². The quantitative estimate of drug-likeness (QED) is 0.738. The molecule has 0 saturated carbocycles. The van der Waals surface area contributed by atoms with Crippen LogP contribution < -0.4 is 5.32 Å². The summed E-state index contributed by atoms with van der Waals surface area (Å²) in [4.78, 5) is 21.1. The molecule has 0 bridgehead atoms. The Morgan fingerprint density at radius 1 is 1.44 bits per heavy atom. The molecule has 0 spiro atoms. The highest BCUT2D eigenvalue weighted by Crippen LogP contribution is 2.34. The number of likely N-dealkylation sites (tertiary alicyclic amines) is 2. The van der Waals surface area contributed by atoms with Crippen molar-refractivity contribution in [1.82, 2.24) is 20.1 Å². The van der Waals surface area contributed by atoms with E-state index < -0.39 is 5.60 Å². The van der Waals surface area contributed by atoms with Crippen LogP contribution in [0.3, 0.4) is 0 Å². The fourth-order valence-electron chi connectivity index (χ4n) is 3.94. The van der Waals surface area contributed by atoms with Crippen LogP contribution in [-0.2, 0) is 16.9 Å². The highest BCUT2D eigenvalue weighted by atomic mass is 32.1. The number of piperidine rings is 1. The van der Waals surface area contributed by atoms with Crippen molar-refractivity contribution in [2.75, 3.05) is 39.9 Å². The van der Waals surface area contributed by atoms with Crippen LogP contribution in [0.15, 0.2) is 5.38 Å². The van der Waals surface area contributed by atoms with Gasteiger partial charge in [0, 0.05) is 38.2 Å². The lowest BCUT2D eigenvalue weighted by Gasteiger charge is -2.37. The third kappa shape index (κ3) is 4.99. The Morgan fingerprint density at radius 2 is 2.22 bits per heavy atom. The van der Waals surface area contributed by atoms with Crippen LogP contribution in [0.25, 0.3) is 0 Å². The van der Waals surface area contributed by atoms with E-state index in [0.717, 1.165) is 36.8 Å². The first-order valence-electron chi connectivity index (χ1n) is 9.98. The van der Waals surface area contributed by atoms with E-state index in [0.29, 0.717) is 38.5 Å². The molecule has 0 aromatic carbocycles. The van der Waals surface area contributed by atoms with Gasteiger partial charge in [-0.25, -0.2) is 9.78 Å². The van der Waals surface area contributed by atoms with E-state index in [-0.39, 0.29) is 6.03 Å². The summed E-state index contributed by atoms with van der Waals surface area (Å²) in [7, 11) is 1.75. The van der Waals surface area contributed by atoms with E-state index in [9.17, 15) is 9.90 Å². The average molecular weight is 397 g/mol. The van der Waals surface area contributed by atoms with Gasteiger partial charge in [-0.1, -0.05) is 6.92 Å². The van der Waals surface area contributed by atoms with Crippen LogP contribution in [0.4, 0.5) is 4.79 Å². The number of aliphatic hydroxyl groups is 1. The molecule has 1 aromatic rings. The van der Waals surface area contributed by atoms with Gasteiger partial charge in [-0.2, -0.15) is 0 Å². The lowest BCUT2D eigenvalue weighted by Crippen LogP contribution is -2.49. The van der Waals surface area contributed by atoms with Crippen molar-refractivity contribution in [3.05, 3.63) is 16.1 Å². The molecular formula is C19H32N4O3S. The van der Waals surface area contributed by atoms with Crippen LogP contribution in [0.2, 0.25) is 0 Å². The molecule has 1 atom stereocenters. The molecule has 0 radical (unpaired) electrons. The largest absolute Gasteiger partial charge is 0.383 e. The Morgan fingerprint density at radius 3 is 2.93 bits per heavy atom. The number of hydrogen-bond donors (Lipinski definition) is 2. The van der Waals surface area contributed by atoms with Crippen LogP contribution in [0.1, 0.15) is 49.7 Å². The predicted molar refractivity (Wildman–Crippen MR) is 106 cm³/mol. The maximum absolute atomic E-state index is 12.1. The molecule has 3 rings (SSSR count).